The number of rotatable bonds is 5. The molecule has 0 spiro atoms. The van der Waals surface area contributed by atoms with Crippen LogP contribution in [0.25, 0.3) is 6.08 Å². The Kier molecular flexibility index (Phi) is 5.29. The summed E-state index contributed by atoms with van der Waals surface area (Å²) >= 11 is 4.48. The normalized spacial score (nSPS) is 17.3. The third kappa shape index (κ3) is 3.85. The summed E-state index contributed by atoms with van der Waals surface area (Å²) in [7, 11) is 3.16. The van der Waals surface area contributed by atoms with Crippen LogP contribution in [0.15, 0.2) is 55.1 Å². The Morgan fingerprint density at radius 2 is 2.03 bits per heavy atom. The zero-order chi connectivity index (χ0) is 20.5. The van der Waals surface area contributed by atoms with Gasteiger partial charge in [0.05, 0.1) is 19.8 Å². The summed E-state index contributed by atoms with van der Waals surface area (Å²) < 4.78 is 16.5. The second-order valence-corrected chi connectivity index (χ2v) is 7.84. The third-order valence-electron chi connectivity index (χ3n) is 4.18. The van der Waals surface area contributed by atoms with Crippen molar-refractivity contribution in [1.29, 1.82) is 5.41 Å². The lowest BCUT2D eigenvalue weighted by Crippen LogP contribution is -2.35. The fourth-order valence-electron chi connectivity index (χ4n) is 2.82. The number of nitrogens with zero attached hydrogens (tertiary/aromatic N) is 3. The first kappa shape index (κ1) is 19.5. The number of nitrogens with one attached hydrogen (secondary N) is 1. The molecule has 10 heteroatoms. The van der Waals surface area contributed by atoms with Crippen LogP contribution in [0.4, 0.5) is 0 Å². The van der Waals surface area contributed by atoms with Crippen LogP contribution in [0.2, 0.25) is 0 Å². The Morgan fingerprint density at radius 1 is 1.24 bits per heavy atom. The predicted molar refractivity (Wildman–Crippen MR) is 115 cm³/mol. The molecule has 1 aromatic carbocycles. The van der Waals surface area contributed by atoms with Gasteiger partial charge >= 0.3 is 0 Å². The van der Waals surface area contributed by atoms with E-state index in [0.717, 1.165) is 10.6 Å². The van der Waals surface area contributed by atoms with E-state index in [2.05, 4.69) is 26.0 Å². The van der Waals surface area contributed by atoms with E-state index < -0.39 is 5.91 Å². The van der Waals surface area contributed by atoms with Crippen LogP contribution in [0.1, 0.15) is 11.3 Å². The van der Waals surface area contributed by atoms with Gasteiger partial charge in [-0.25, -0.2) is 0 Å². The van der Waals surface area contributed by atoms with Gasteiger partial charge in [0.25, 0.3) is 5.91 Å². The van der Waals surface area contributed by atoms with E-state index in [1.807, 2.05) is 18.2 Å². The zero-order valence-corrected chi connectivity index (χ0v) is 17.8. The minimum absolute atomic E-state index is 0.0395. The first-order chi connectivity index (χ1) is 14.0. The molecule has 29 heavy (non-hydrogen) atoms. The number of hydrazone groups is 1. The maximum atomic E-state index is 12.4. The molecule has 8 nitrogen and oxygen atoms in total. The molecule has 0 atom stereocenters. The first-order valence-electron chi connectivity index (χ1n) is 8.44. The molecular weight excluding hydrogens is 460 g/mol. The highest BCUT2D eigenvalue weighted by Gasteiger charge is 2.35. The molecule has 3 heterocycles. The van der Waals surface area contributed by atoms with E-state index in [1.165, 1.54) is 22.8 Å². The molecular formula is C19H15BrN4O4S. The number of amidine groups is 2. The molecule has 0 bridgehead atoms. The fourth-order valence-corrected chi connectivity index (χ4v) is 4.05. The molecule has 1 N–H and O–H groups in total. The number of benzene rings is 1. The molecule has 0 radical (unpaired) electrons. The Hall–Kier alpha value is -2.85. The van der Waals surface area contributed by atoms with E-state index in [0.29, 0.717) is 33.5 Å². The number of ether oxygens (including phenoxy) is 2. The number of fused-ring (bicyclic) bond motifs is 1. The Balaban J connectivity index is 1.58. The molecule has 0 fully saturated rings. The maximum Gasteiger partial charge on any atom is 0.283 e. The average Bonchev–Trinajstić information content (AvgIpc) is 3.30. The average molecular weight is 475 g/mol. The minimum Gasteiger partial charge on any atom is -0.493 e. The van der Waals surface area contributed by atoms with Gasteiger partial charge in [0.15, 0.2) is 22.0 Å². The smallest absolute Gasteiger partial charge is 0.283 e. The summed E-state index contributed by atoms with van der Waals surface area (Å²) in [6.07, 6.45) is 1.99. The van der Waals surface area contributed by atoms with Crippen LogP contribution in [-0.4, -0.2) is 41.2 Å². The molecule has 0 unspecified atom stereocenters. The van der Waals surface area contributed by atoms with Gasteiger partial charge in [-0.2, -0.15) is 15.1 Å². The van der Waals surface area contributed by atoms with Gasteiger partial charge in [-0.15, -0.1) is 0 Å². The minimum atomic E-state index is -0.496. The number of methoxy groups -OCH3 is 2. The number of amides is 1. The predicted octanol–water partition coefficient (Wildman–Crippen LogP) is 3.92. The quantitative estimate of drug-likeness (QED) is 0.658. The largest absolute Gasteiger partial charge is 0.493 e. The van der Waals surface area contributed by atoms with Crippen LogP contribution >= 0.6 is 27.7 Å². The van der Waals surface area contributed by atoms with Crippen LogP contribution in [0, 0.1) is 5.41 Å². The van der Waals surface area contributed by atoms with Crippen molar-refractivity contribution in [2.45, 2.75) is 6.42 Å². The first-order valence-corrected chi connectivity index (χ1v) is 10.0. The van der Waals surface area contributed by atoms with Crippen molar-refractivity contribution in [3.63, 3.8) is 0 Å². The number of furan rings is 1. The number of carbonyl (C=O) groups excluding carboxylic acids is 1. The Labute approximate surface area is 178 Å². The molecule has 2 aromatic rings. The lowest BCUT2D eigenvalue weighted by molar-refractivity contribution is -0.114. The zero-order valence-electron chi connectivity index (χ0n) is 15.4. The lowest BCUT2D eigenvalue weighted by atomic mass is 10.1. The second kappa shape index (κ2) is 7.88. The van der Waals surface area contributed by atoms with Gasteiger partial charge in [-0.1, -0.05) is 6.07 Å². The monoisotopic (exact) mass is 474 g/mol. The van der Waals surface area contributed by atoms with Crippen molar-refractivity contribution in [3.05, 3.63) is 51.9 Å². The van der Waals surface area contributed by atoms with E-state index in [9.17, 15) is 4.79 Å². The summed E-state index contributed by atoms with van der Waals surface area (Å²) in [5.41, 5.74) is 1.08. The van der Waals surface area contributed by atoms with Crippen LogP contribution in [0.5, 0.6) is 11.5 Å². The number of thioether (sulfide) groups is 1. The highest BCUT2D eigenvalue weighted by Crippen LogP contribution is 2.32. The summed E-state index contributed by atoms with van der Waals surface area (Å²) in [6.45, 7) is 0. The number of hydrogen-bond acceptors (Lipinski definition) is 7. The van der Waals surface area contributed by atoms with Crippen molar-refractivity contribution < 1.29 is 18.7 Å². The molecule has 2 aliphatic heterocycles. The van der Waals surface area contributed by atoms with Crippen LogP contribution in [0.3, 0.4) is 0 Å². The van der Waals surface area contributed by atoms with Gasteiger partial charge in [0.2, 0.25) is 5.17 Å². The molecule has 2 aliphatic rings. The van der Waals surface area contributed by atoms with Gasteiger partial charge < -0.3 is 13.9 Å². The second-order valence-electron chi connectivity index (χ2n) is 6.02. The summed E-state index contributed by atoms with van der Waals surface area (Å²) in [5, 5.41) is 15.3. The summed E-state index contributed by atoms with van der Waals surface area (Å²) in [4.78, 5) is 16.5. The van der Waals surface area contributed by atoms with Crippen molar-refractivity contribution in [1.82, 2.24) is 5.01 Å². The van der Waals surface area contributed by atoms with E-state index in [1.54, 1.807) is 26.4 Å². The summed E-state index contributed by atoms with van der Waals surface area (Å²) in [5.74, 6) is 1.18. The van der Waals surface area contributed by atoms with Gasteiger partial charge in [-0.05, 0) is 63.6 Å². The standard InChI is InChI=1S/C19H15BrN4O4S/c1-26-13-5-3-10(7-14(13)27-2)8-16-23-24-17(21)12(18(25)22-19(24)29-16)9-11-4-6-15(20)28-11/h3-7,9,21H,8H2,1-2H3. The van der Waals surface area contributed by atoms with E-state index in [-0.39, 0.29) is 11.4 Å². The SMILES string of the molecule is COc1ccc(CC2=NN3C(=N)C(=Cc4ccc(Br)o4)C(=O)N=C3S2)cc1OC. The molecule has 0 aliphatic carbocycles. The molecule has 0 saturated carbocycles. The Bertz CT molecular complexity index is 1110. The van der Waals surface area contributed by atoms with E-state index >= 15 is 0 Å². The number of hydrogen-bond donors (Lipinski definition) is 1. The van der Waals surface area contributed by atoms with Crippen LogP contribution < -0.4 is 9.47 Å². The topological polar surface area (TPSA) is 100 Å². The van der Waals surface area contributed by atoms with Gasteiger partial charge in [0, 0.05) is 6.42 Å². The lowest BCUT2D eigenvalue weighted by Gasteiger charge is -2.19. The highest BCUT2D eigenvalue weighted by atomic mass is 79.9. The Morgan fingerprint density at radius 3 is 2.72 bits per heavy atom. The summed E-state index contributed by atoms with van der Waals surface area (Å²) in [6, 6.07) is 9.02. The molecule has 148 valence electrons. The molecule has 0 saturated heterocycles. The molecule has 1 aromatic heterocycles. The maximum absolute atomic E-state index is 12.4. The molecule has 4 rings (SSSR count). The number of aliphatic imine (C=N–C) groups is 1. The van der Waals surface area contributed by atoms with Crippen molar-refractivity contribution >= 4 is 55.7 Å². The van der Waals surface area contributed by atoms with Crippen molar-refractivity contribution in [2.24, 2.45) is 10.1 Å². The highest BCUT2D eigenvalue weighted by molar-refractivity contribution is 9.10. The van der Waals surface area contributed by atoms with Gasteiger partial charge in [-0.3, -0.25) is 10.2 Å². The van der Waals surface area contributed by atoms with Crippen molar-refractivity contribution in [2.75, 3.05) is 14.2 Å². The van der Waals surface area contributed by atoms with Crippen LogP contribution in [-0.2, 0) is 11.2 Å². The number of carbonyl (C=O) groups is 1. The fraction of sp³-hybridized carbons (Fsp3) is 0.158. The van der Waals surface area contributed by atoms with Gasteiger partial charge in [0.1, 0.15) is 10.8 Å². The number of halogens is 1. The molecule has 1 amide bonds. The third-order valence-corrected chi connectivity index (χ3v) is 5.51. The van der Waals surface area contributed by atoms with E-state index in [4.69, 9.17) is 19.3 Å². The van der Waals surface area contributed by atoms with Crippen molar-refractivity contribution in [3.8, 4) is 11.5 Å².